The molecule has 0 saturated heterocycles. The van der Waals surface area contributed by atoms with E-state index >= 15 is 0 Å². The number of aryl methyl sites for hydroxylation is 2. The summed E-state index contributed by atoms with van der Waals surface area (Å²) in [6.45, 7) is 1.90. The van der Waals surface area contributed by atoms with E-state index < -0.39 is 0 Å². The highest BCUT2D eigenvalue weighted by Crippen LogP contribution is 2.19. The van der Waals surface area contributed by atoms with E-state index in [1.807, 2.05) is 20.0 Å². The highest BCUT2D eigenvalue weighted by Gasteiger charge is 2.08. The molecule has 14 heavy (non-hydrogen) atoms. The number of pyridine rings is 1. The van der Waals surface area contributed by atoms with Gasteiger partial charge in [0, 0.05) is 12.6 Å². The molecule has 0 amide bonds. The summed E-state index contributed by atoms with van der Waals surface area (Å²) in [6.07, 6.45) is 1.52. The molecule has 2 aromatic rings. The maximum atomic E-state index is 5.56. The first-order valence-electron chi connectivity index (χ1n) is 4.26. The van der Waals surface area contributed by atoms with Crippen molar-refractivity contribution in [1.29, 1.82) is 0 Å². The number of nitrogen functional groups attached to an aromatic ring is 1. The van der Waals surface area contributed by atoms with Gasteiger partial charge in [0.1, 0.15) is 12.1 Å². The van der Waals surface area contributed by atoms with Crippen LogP contribution in [0.2, 0.25) is 0 Å². The van der Waals surface area contributed by atoms with E-state index in [1.54, 1.807) is 10.7 Å². The Morgan fingerprint density at radius 3 is 2.71 bits per heavy atom. The Bertz CT molecular complexity index is 460. The van der Waals surface area contributed by atoms with Gasteiger partial charge in [-0.3, -0.25) is 0 Å². The van der Waals surface area contributed by atoms with Crippen LogP contribution in [0.15, 0.2) is 18.5 Å². The molecule has 0 spiro atoms. The molecule has 0 fully saturated rings. The predicted octanol–water partition coefficient (Wildman–Crippen LogP) is 0.768. The van der Waals surface area contributed by atoms with E-state index in [9.17, 15) is 0 Å². The van der Waals surface area contributed by atoms with Crippen LogP contribution in [0.1, 0.15) is 5.69 Å². The van der Waals surface area contributed by atoms with Crippen LogP contribution in [0.5, 0.6) is 0 Å². The number of nitrogens with two attached hydrogens (primary N) is 1. The molecule has 0 aromatic carbocycles. The second-order valence-electron chi connectivity index (χ2n) is 3.08. The van der Waals surface area contributed by atoms with E-state index in [-0.39, 0.29) is 0 Å². The molecule has 0 saturated carbocycles. The smallest absolute Gasteiger partial charge is 0.159 e. The second-order valence-corrected chi connectivity index (χ2v) is 3.08. The number of hydrogen-bond donors (Lipinski definition) is 1. The summed E-state index contributed by atoms with van der Waals surface area (Å²) in [5.41, 5.74) is 7.38. The molecular formula is C9H11N5. The zero-order valence-electron chi connectivity index (χ0n) is 8.10. The predicted molar refractivity (Wildman–Crippen MR) is 53.4 cm³/mol. The number of aromatic nitrogens is 4. The number of nitrogens with zero attached hydrogens (tertiary/aromatic N) is 4. The van der Waals surface area contributed by atoms with E-state index in [4.69, 9.17) is 5.73 Å². The molecule has 2 rings (SSSR count). The van der Waals surface area contributed by atoms with Gasteiger partial charge in [0.05, 0.1) is 5.69 Å². The monoisotopic (exact) mass is 189 g/mol. The molecule has 0 unspecified atom stereocenters. The van der Waals surface area contributed by atoms with Crippen LogP contribution < -0.4 is 5.73 Å². The third-order valence-electron chi connectivity index (χ3n) is 2.06. The summed E-state index contributed by atoms with van der Waals surface area (Å²) in [5.74, 6) is 1.32. The minimum Gasteiger partial charge on any atom is -0.384 e. The van der Waals surface area contributed by atoms with Gasteiger partial charge in [0.25, 0.3) is 0 Å². The van der Waals surface area contributed by atoms with Gasteiger partial charge in [-0.1, -0.05) is 0 Å². The fraction of sp³-hybridized carbons (Fsp3) is 0.222. The highest BCUT2D eigenvalue weighted by molar-refractivity contribution is 5.59. The first-order valence-corrected chi connectivity index (χ1v) is 4.26. The molecule has 5 nitrogen and oxygen atoms in total. The second kappa shape index (κ2) is 3.10. The van der Waals surface area contributed by atoms with Crippen molar-refractivity contribution in [3.8, 4) is 11.4 Å². The van der Waals surface area contributed by atoms with Crippen molar-refractivity contribution in [2.45, 2.75) is 6.92 Å². The van der Waals surface area contributed by atoms with Crippen LogP contribution in [0.25, 0.3) is 11.4 Å². The van der Waals surface area contributed by atoms with Crippen molar-refractivity contribution in [2.75, 3.05) is 5.73 Å². The summed E-state index contributed by atoms with van der Waals surface area (Å²) in [5, 5.41) is 4.00. The Morgan fingerprint density at radius 1 is 1.36 bits per heavy atom. The zero-order valence-corrected chi connectivity index (χ0v) is 8.10. The molecule has 0 aliphatic rings. The van der Waals surface area contributed by atoms with Crippen molar-refractivity contribution in [2.24, 2.45) is 7.05 Å². The third kappa shape index (κ3) is 1.32. The van der Waals surface area contributed by atoms with Gasteiger partial charge in [-0.15, -0.1) is 0 Å². The van der Waals surface area contributed by atoms with Gasteiger partial charge in [0.15, 0.2) is 5.82 Å². The number of hydrogen-bond acceptors (Lipinski definition) is 4. The lowest BCUT2D eigenvalue weighted by atomic mass is 10.2. The van der Waals surface area contributed by atoms with E-state index in [2.05, 4.69) is 15.1 Å². The van der Waals surface area contributed by atoms with Crippen LogP contribution in [0.4, 0.5) is 5.82 Å². The zero-order chi connectivity index (χ0) is 10.1. The topological polar surface area (TPSA) is 69.6 Å². The van der Waals surface area contributed by atoms with E-state index in [1.165, 1.54) is 6.33 Å². The molecule has 2 heterocycles. The Kier molecular flexibility index (Phi) is 1.92. The normalized spacial score (nSPS) is 10.4. The Hall–Kier alpha value is -1.91. The van der Waals surface area contributed by atoms with Crippen molar-refractivity contribution in [3.63, 3.8) is 0 Å². The number of rotatable bonds is 1. The SMILES string of the molecule is Cc1nc(N)ccc1-c1ncnn1C. The molecule has 2 N–H and O–H groups in total. The number of anilines is 1. The summed E-state index contributed by atoms with van der Waals surface area (Å²) in [4.78, 5) is 8.31. The maximum Gasteiger partial charge on any atom is 0.159 e. The van der Waals surface area contributed by atoms with Gasteiger partial charge in [-0.2, -0.15) is 5.10 Å². The molecule has 0 aliphatic heterocycles. The van der Waals surface area contributed by atoms with Crippen LogP contribution in [0.3, 0.4) is 0 Å². The minimum atomic E-state index is 0.522. The average Bonchev–Trinajstić information content (AvgIpc) is 2.52. The van der Waals surface area contributed by atoms with E-state index in [0.29, 0.717) is 5.82 Å². The largest absolute Gasteiger partial charge is 0.384 e. The minimum absolute atomic E-state index is 0.522. The lowest BCUT2D eigenvalue weighted by Gasteiger charge is -2.04. The van der Waals surface area contributed by atoms with Gasteiger partial charge in [-0.25, -0.2) is 14.6 Å². The van der Waals surface area contributed by atoms with Crippen molar-refractivity contribution >= 4 is 5.82 Å². The Morgan fingerprint density at radius 2 is 2.14 bits per heavy atom. The molecule has 5 heteroatoms. The molecule has 0 bridgehead atoms. The van der Waals surface area contributed by atoms with Crippen LogP contribution in [-0.4, -0.2) is 19.7 Å². The molecule has 0 aliphatic carbocycles. The first kappa shape index (κ1) is 8.68. The highest BCUT2D eigenvalue weighted by atomic mass is 15.3. The Labute approximate surface area is 81.6 Å². The van der Waals surface area contributed by atoms with Crippen LogP contribution >= 0.6 is 0 Å². The van der Waals surface area contributed by atoms with Gasteiger partial charge in [-0.05, 0) is 19.1 Å². The van der Waals surface area contributed by atoms with Crippen LogP contribution in [0, 0.1) is 6.92 Å². The average molecular weight is 189 g/mol. The molecule has 2 aromatic heterocycles. The van der Waals surface area contributed by atoms with E-state index in [0.717, 1.165) is 17.1 Å². The van der Waals surface area contributed by atoms with Crippen LogP contribution in [-0.2, 0) is 7.05 Å². The van der Waals surface area contributed by atoms with Crippen molar-refractivity contribution < 1.29 is 0 Å². The summed E-state index contributed by atoms with van der Waals surface area (Å²) in [6, 6.07) is 3.67. The lowest BCUT2D eigenvalue weighted by molar-refractivity contribution is 0.773. The summed E-state index contributed by atoms with van der Waals surface area (Å²) in [7, 11) is 1.85. The molecule has 72 valence electrons. The standard InChI is InChI=1S/C9H11N5/c1-6-7(3-4-8(10)13-6)9-11-5-12-14(9)2/h3-5H,1-2H3,(H2,10,13). The third-order valence-corrected chi connectivity index (χ3v) is 2.06. The summed E-state index contributed by atoms with van der Waals surface area (Å²) >= 11 is 0. The lowest BCUT2D eigenvalue weighted by Crippen LogP contribution is -1.99. The fourth-order valence-corrected chi connectivity index (χ4v) is 1.36. The van der Waals surface area contributed by atoms with Gasteiger partial charge in [0.2, 0.25) is 0 Å². The van der Waals surface area contributed by atoms with Crippen molar-refractivity contribution in [3.05, 3.63) is 24.2 Å². The van der Waals surface area contributed by atoms with Crippen molar-refractivity contribution in [1.82, 2.24) is 19.7 Å². The van der Waals surface area contributed by atoms with Gasteiger partial charge < -0.3 is 5.73 Å². The first-order chi connectivity index (χ1) is 6.68. The molecule has 0 radical (unpaired) electrons. The fourth-order valence-electron chi connectivity index (χ4n) is 1.36. The molecular weight excluding hydrogens is 178 g/mol. The summed E-state index contributed by atoms with van der Waals surface area (Å²) < 4.78 is 1.71. The Balaban J connectivity index is 2.58. The maximum absolute atomic E-state index is 5.56. The molecule has 0 atom stereocenters. The quantitative estimate of drug-likeness (QED) is 0.719. The van der Waals surface area contributed by atoms with Gasteiger partial charge >= 0.3 is 0 Å².